The molecule has 138 valence electrons. The van der Waals surface area contributed by atoms with Crippen LogP contribution in [-0.2, 0) is 11.2 Å². The van der Waals surface area contributed by atoms with Gasteiger partial charge >= 0.3 is 0 Å². The Morgan fingerprint density at radius 1 is 1.32 bits per heavy atom. The van der Waals surface area contributed by atoms with Crippen molar-refractivity contribution >= 4 is 5.91 Å². The lowest BCUT2D eigenvalue weighted by Gasteiger charge is -2.36. The molecule has 1 aliphatic carbocycles. The molecule has 1 saturated carbocycles. The largest absolute Gasteiger partial charge is 0.508 e. The van der Waals surface area contributed by atoms with Crippen molar-refractivity contribution in [2.24, 2.45) is 11.7 Å². The van der Waals surface area contributed by atoms with E-state index in [4.69, 9.17) is 5.73 Å². The van der Waals surface area contributed by atoms with E-state index < -0.39 is 0 Å². The summed E-state index contributed by atoms with van der Waals surface area (Å²) in [6, 6.07) is 6.47. The van der Waals surface area contributed by atoms with E-state index in [2.05, 4.69) is 17.9 Å². The fraction of sp³-hybridized carbons (Fsp3) is 0.667. The summed E-state index contributed by atoms with van der Waals surface area (Å²) in [6.07, 6.45) is 8.35. The molecule has 4 heteroatoms. The van der Waals surface area contributed by atoms with Crippen LogP contribution in [0, 0.1) is 5.92 Å². The monoisotopic (exact) mass is 344 g/mol. The van der Waals surface area contributed by atoms with Gasteiger partial charge in [-0.3, -0.25) is 9.69 Å². The summed E-state index contributed by atoms with van der Waals surface area (Å²) in [5.41, 5.74) is 7.97. The van der Waals surface area contributed by atoms with Crippen molar-refractivity contribution in [3.05, 3.63) is 29.3 Å². The van der Waals surface area contributed by atoms with Gasteiger partial charge in [-0.25, -0.2) is 0 Å². The van der Waals surface area contributed by atoms with E-state index in [1.54, 1.807) is 0 Å². The highest BCUT2D eigenvalue weighted by Crippen LogP contribution is 2.37. The SMILES string of the molecule is CCC1Cc2ccc(O)cc2C(CCCC(N)=O)CCN1CC1CC1. The zero-order valence-corrected chi connectivity index (χ0v) is 15.4. The zero-order chi connectivity index (χ0) is 17.8. The molecule has 0 aromatic heterocycles. The minimum absolute atomic E-state index is 0.219. The Balaban J connectivity index is 1.80. The fourth-order valence-corrected chi connectivity index (χ4v) is 4.29. The summed E-state index contributed by atoms with van der Waals surface area (Å²) in [5.74, 6) is 1.44. The minimum atomic E-state index is -0.219. The Morgan fingerprint density at radius 3 is 2.80 bits per heavy atom. The molecule has 1 amide bonds. The Hall–Kier alpha value is -1.55. The first-order chi connectivity index (χ1) is 12.1. The number of carbonyl (C=O) groups excluding carboxylic acids is 1. The number of amides is 1. The molecule has 3 rings (SSSR count). The van der Waals surface area contributed by atoms with Crippen LogP contribution in [0.25, 0.3) is 0 Å². The lowest BCUT2D eigenvalue weighted by molar-refractivity contribution is -0.118. The maximum Gasteiger partial charge on any atom is 0.217 e. The number of nitrogens with two attached hydrogens (primary N) is 1. The lowest BCUT2D eigenvalue weighted by atomic mass is 9.83. The fourth-order valence-electron chi connectivity index (χ4n) is 4.29. The summed E-state index contributed by atoms with van der Waals surface area (Å²) in [4.78, 5) is 13.8. The predicted molar refractivity (Wildman–Crippen MR) is 101 cm³/mol. The number of nitrogens with zero attached hydrogens (tertiary/aromatic N) is 1. The quantitative estimate of drug-likeness (QED) is 0.795. The lowest BCUT2D eigenvalue weighted by Crippen LogP contribution is -2.40. The Morgan fingerprint density at radius 2 is 2.12 bits per heavy atom. The van der Waals surface area contributed by atoms with Gasteiger partial charge in [0.1, 0.15) is 5.75 Å². The maximum absolute atomic E-state index is 11.1. The van der Waals surface area contributed by atoms with Crippen molar-refractivity contribution in [3.8, 4) is 5.75 Å². The number of phenolic OH excluding ortho intramolecular Hbond substituents is 1. The summed E-state index contributed by atoms with van der Waals surface area (Å²) >= 11 is 0. The third-order valence-corrected chi connectivity index (χ3v) is 5.94. The van der Waals surface area contributed by atoms with Gasteiger partial charge in [-0.2, -0.15) is 0 Å². The number of primary amides is 1. The van der Waals surface area contributed by atoms with Gasteiger partial charge in [-0.1, -0.05) is 13.0 Å². The molecule has 2 aliphatic rings. The molecule has 25 heavy (non-hydrogen) atoms. The van der Waals surface area contributed by atoms with Crippen molar-refractivity contribution in [1.29, 1.82) is 0 Å². The van der Waals surface area contributed by atoms with Crippen LogP contribution in [0.4, 0.5) is 0 Å². The molecule has 0 radical (unpaired) electrons. The second-order valence-electron chi connectivity index (χ2n) is 7.93. The first kappa shape index (κ1) is 18.2. The van der Waals surface area contributed by atoms with Crippen LogP contribution >= 0.6 is 0 Å². The Bertz CT molecular complexity index is 598. The third kappa shape index (κ3) is 4.97. The smallest absolute Gasteiger partial charge is 0.217 e. The third-order valence-electron chi connectivity index (χ3n) is 5.94. The van der Waals surface area contributed by atoms with E-state index in [0.29, 0.717) is 24.1 Å². The molecule has 3 N–H and O–H groups in total. The van der Waals surface area contributed by atoms with Gasteiger partial charge in [-0.05, 0) is 86.6 Å². The van der Waals surface area contributed by atoms with Crippen molar-refractivity contribution in [2.45, 2.75) is 70.3 Å². The summed E-state index contributed by atoms with van der Waals surface area (Å²) in [5, 5.41) is 10.00. The van der Waals surface area contributed by atoms with Crippen LogP contribution in [0.15, 0.2) is 18.2 Å². The molecule has 0 bridgehead atoms. The summed E-state index contributed by atoms with van der Waals surface area (Å²) < 4.78 is 0. The number of hydrogen-bond donors (Lipinski definition) is 2. The first-order valence-corrected chi connectivity index (χ1v) is 9.91. The Kier molecular flexibility index (Phi) is 6.00. The van der Waals surface area contributed by atoms with Gasteiger partial charge in [0, 0.05) is 19.0 Å². The van der Waals surface area contributed by atoms with Crippen LogP contribution in [-0.4, -0.2) is 35.0 Å². The highest BCUT2D eigenvalue weighted by Gasteiger charge is 2.30. The molecule has 2 atom stereocenters. The molecule has 0 spiro atoms. The van der Waals surface area contributed by atoms with E-state index in [1.165, 1.54) is 36.9 Å². The predicted octanol–water partition coefficient (Wildman–Crippen LogP) is 3.57. The van der Waals surface area contributed by atoms with Crippen LogP contribution < -0.4 is 5.73 Å². The Labute approximate surface area is 151 Å². The van der Waals surface area contributed by atoms with E-state index in [9.17, 15) is 9.90 Å². The van der Waals surface area contributed by atoms with Crippen molar-refractivity contribution in [3.63, 3.8) is 0 Å². The highest BCUT2D eigenvalue weighted by atomic mass is 16.3. The molecular weight excluding hydrogens is 312 g/mol. The van der Waals surface area contributed by atoms with Gasteiger partial charge in [0.15, 0.2) is 0 Å². The number of hydrogen-bond acceptors (Lipinski definition) is 3. The van der Waals surface area contributed by atoms with Crippen molar-refractivity contribution in [1.82, 2.24) is 4.90 Å². The number of phenols is 1. The highest BCUT2D eigenvalue weighted by molar-refractivity contribution is 5.73. The number of fused-ring (bicyclic) bond motifs is 1. The molecule has 1 aromatic carbocycles. The van der Waals surface area contributed by atoms with Crippen molar-refractivity contribution in [2.75, 3.05) is 13.1 Å². The average molecular weight is 344 g/mol. The summed E-state index contributed by atoms with van der Waals surface area (Å²) in [7, 11) is 0. The van der Waals surface area contributed by atoms with E-state index in [-0.39, 0.29) is 5.91 Å². The van der Waals surface area contributed by atoms with E-state index in [1.807, 2.05) is 12.1 Å². The normalized spacial score (nSPS) is 24.4. The molecule has 1 aliphatic heterocycles. The van der Waals surface area contributed by atoms with Gasteiger partial charge in [-0.15, -0.1) is 0 Å². The van der Waals surface area contributed by atoms with Crippen LogP contribution in [0.1, 0.15) is 68.9 Å². The van der Waals surface area contributed by atoms with Gasteiger partial charge in [0.05, 0.1) is 0 Å². The minimum Gasteiger partial charge on any atom is -0.508 e. The number of rotatable bonds is 7. The molecule has 4 nitrogen and oxygen atoms in total. The first-order valence-electron chi connectivity index (χ1n) is 9.91. The molecule has 1 fully saturated rings. The number of carbonyl (C=O) groups is 1. The van der Waals surface area contributed by atoms with E-state index in [0.717, 1.165) is 38.1 Å². The van der Waals surface area contributed by atoms with Crippen LogP contribution in [0.2, 0.25) is 0 Å². The van der Waals surface area contributed by atoms with Gasteiger partial charge in [0.2, 0.25) is 5.91 Å². The maximum atomic E-state index is 11.1. The second kappa shape index (κ2) is 8.22. The molecule has 0 saturated heterocycles. The molecule has 1 heterocycles. The van der Waals surface area contributed by atoms with Crippen LogP contribution in [0.5, 0.6) is 5.75 Å². The standard InChI is InChI=1S/C21H32N2O2/c1-2-18-12-17-8-9-19(24)13-20(17)16(4-3-5-21(22)25)10-11-23(18)14-15-6-7-15/h8-9,13,15-16,18,24H,2-7,10-12,14H2,1H3,(H2,22,25). The zero-order valence-electron chi connectivity index (χ0n) is 15.4. The van der Waals surface area contributed by atoms with E-state index >= 15 is 0 Å². The second-order valence-corrected chi connectivity index (χ2v) is 7.93. The van der Waals surface area contributed by atoms with Gasteiger partial charge in [0.25, 0.3) is 0 Å². The number of aromatic hydroxyl groups is 1. The molecular formula is C21H32N2O2. The average Bonchev–Trinajstić information content (AvgIpc) is 3.38. The van der Waals surface area contributed by atoms with Crippen LogP contribution in [0.3, 0.4) is 0 Å². The topological polar surface area (TPSA) is 66.6 Å². The molecule has 2 unspecified atom stereocenters. The molecule has 1 aromatic rings. The van der Waals surface area contributed by atoms with Gasteiger partial charge < -0.3 is 10.8 Å². The van der Waals surface area contributed by atoms with Crippen molar-refractivity contribution < 1.29 is 9.90 Å². The summed E-state index contributed by atoms with van der Waals surface area (Å²) in [6.45, 7) is 4.64. The number of benzene rings is 1.